The second-order valence-electron chi connectivity index (χ2n) is 7.71. The van der Waals surface area contributed by atoms with E-state index in [2.05, 4.69) is 17.6 Å². The lowest BCUT2D eigenvalue weighted by Gasteiger charge is -2.22. The zero-order valence-corrected chi connectivity index (χ0v) is 17.2. The first-order valence-corrected chi connectivity index (χ1v) is 10.5. The zero-order valence-electron chi connectivity index (χ0n) is 17.2. The van der Waals surface area contributed by atoms with Gasteiger partial charge in [0.1, 0.15) is 5.75 Å². The van der Waals surface area contributed by atoms with Crippen LogP contribution < -0.4 is 15.4 Å². The fourth-order valence-corrected chi connectivity index (χ4v) is 3.48. The highest BCUT2D eigenvalue weighted by atomic mass is 16.5. The first-order valence-electron chi connectivity index (χ1n) is 10.5. The molecule has 2 amide bonds. The van der Waals surface area contributed by atoms with Crippen molar-refractivity contribution in [1.82, 2.24) is 5.32 Å². The van der Waals surface area contributed by atoms with Crippen molar-refractivity contribution in [2.45, 2.75) is 64.5 Å². The number of benzene rings is 2. The molecule has 0 heterocycles. The number of anilines is 1. The number of carbonyl (C=O) groups is 2. The van der Waals surface area contributed by atoms with E-state index < -0.39 is 0 Å². The third-order valence-corrected chi connectivity index (χ3v) is 5.33. The molecule has 1 unspecified atom stereocenters. The van der Waals surface area contributed by atoms with E-state index in [9.17, 15) is 9.59 Å². The van der Waals surface area contributed by atoms with Crippen molar-refractivity contribution in [2.24, 2.45) is 0 Å². The van der Waals surface area contributed by atoms with Crippen molar-refractivity contribution in [2.75, 3.05) is 5.32 Å². The lowest BCUT2D eigenvalue weighted by Crippen LogP contribution is -2.36. The van der Waals surface area contributed by atoms with Gasteiger partial charge in [-0.25, -0.2) is 0 Å². The molecule has 0 bridgehead atoms. The molecule has 1 aliphatic rings. The molecule has 154 valence electrons. The molecule has 1 atom stereocenters. The number of rotatable bonds is 7. The molecular weight excluding hydrogens is 364 g/mol. The Morgan fingerprint density at radius 2 is 1.69 bits per heavy atom. The zero-order chi connectivity index (χ0) is 20.6. The lowest BCUT2D eigenvalue weighted by molar-refractivity contribution is 0.0926. The predicted octanol–water partition coefficient (Wildman–Crippen LogP) is 5.18. The number of amides is 2. The van der Waals surface area contributed by atoms with Crippen molar-refractivity contribution in [3.8, 4) is 5.75 Å². The topological polar surface area (TPSA) is 67.4 Å². The molecule has 1 fully saturated rings. The van der Waals surface area contributed by atoms with E-state index in [4.69, 9.17) is 4.74 Å². The molecule has 2 aromatic carbocycles. The molecule has 3 rings (SSSR count). The van der Waals surface area contributed by atoms with Crippen LogP contribution in [-0.4, -0.2) is 24.0 Å². The smallest absolute Gasteiger partial charge is 0.255 e. The summed E-state index contributed by atoms with van der Waals surface area (Å²) in [4.78, 5) is 25.2. The summed E-state index contributed by atoms with van der Waals surface area (Å²) in [5.74, 6) is 0.356. The van der Waals surface area contributed by atoms with Crippen molar-refractivity contribution in [1.29, 1.82) is 0 Å². The van der Waals surface area contributed by atoms with Crippen molar-refractivity contribution in [3.63, 3.8) is 0 Å². The van der Waals surface area contributed by atoms with Crippen molar-refractivity contribution < 1.29 is 14.3 Å². The molecule has 0 aromatic heterocycles. The van der Waals surface area contributed by atoms with Crippen LogP contribution >= 0.6 is 0 Å². The molecular formula is C24H30N2O3. The van der Waals surface area contributed by atoms with E-state index in [0.29, 0.717) is 22.6 Å². The van der Waals surface area contributed by atoms with Crippen LogP contribution in [0.15, 0.2) is 48.5 Å². The van der Waals surface area contributed by atoms with Gasteiger partial charge in [0.2, 0.25) is 0 Å². The maximum Gasteiger partial charge on any atom is 0.255 e. The first kappa shape index (κ1) is 20.9. The third-order valence-electron chi connectivity index (χ3n) is 5.33. The Balaban J connectivity index is 1.64. The Bertz CT molecular complexity index is 844. The van der Waals surface area contributed by atoms with Gasteiger partial charge in [-0.3, -0.25) is 9.59 Å². The summed E-state index contributed by atoms with van der Waals surface area (Å²) in [6.07, 6.45) is 6.65. The Morgan fingerprint density at radius 3 is 2.41 bits per heavy atom. The minimum Gasteiger partial charge on any atom is -0.491 e. The molecule has 0 aliphatic heterocycles. The summed E-state index contributed by atoms with van der Waals surface area (Å²) in [6, 6.07) is 14.5. The lowest BCUT2D eigenvalue weighted by atomic mass is 9.95. The molecule has 29 heavy (non-hydrogen) atoms. The monoisotopic (exact) mass is 394 g/mol. The Kier molecular flexibility index (Phi) is 7.28. The fraction of sp³-hybridized carbons (Fsp3) is 0.417. The molecule has 0 radical (unpaired) electrons. The second-order valence-corrected chi connectivity index (χ2v) is 7.71. The Hall–Kier alpha value is -2.82. The molecule has 0 spiro atoms. The number of hydrogen-bond donors (Lipinski definition) is 2. The molecule has 1 aliphatic carbocycles. The SMILES string of the molecule is CCC(C)Oc1cccc(C(=O)Nc2cccc(C(=O)NC3CCCCC3)c2)c1. The van der Waals surface area contributed by atoms with Crippen LogP contribution in [0.1, 0.15) is 73.1 Å². The van der Waals surface area contributed by atoms with Crippen LogP contribution in [0.2, 0.25) is 0 Å². The molecule has 2 aromatic rings. The molecule has 0 saturated heterocycles. The average Bonchev–Trinajstić information content (AvgIpc) is 2.74. The summed E-state index contributed by atoms with van der Waals surface area (Å²) >= 11 is 0. The highest BCUT2D eigenvalue weighted by molar-refractivity contribution is 6.05. The van der Waals surface area contributed by atoms with Gasteiger partial charge in [-0.2, -0.15) is 0 Å². The number of ether oxygens (including phenoxy) is 1. The van der Waals surface area contributed by atoms with Gasteiger partial charge in [-0.15, -0.1) is 0 Å². The van der Waals surface area contributed by atoms with Gasteiger partial charge in [0.25, 0.3) is 11.8 Å². The Labute approximate surface area is 172 Å². The van der Waals surface area contributed by atoms with Crippen LogP contribution in [-0.2, 0) is 0 Å². The normalized spacial score (nSPS) is 15.4. The maximum atomic E-state index is 12.7. The Morgan fingerprint density at radius 1 is 1.00 bits per heavy atom. The summed E-state index contributed by atoms with van der Waals surface area (Å²) < 4.78 is 5.79. The summed E-state index contributed by atoms with van der Waals surface area (Å²) in [5, 5.41) is 5.99. The van der Waals surface area contributed by atoms with E-state index in [1.165, 1.54) is 19.3 Å². The minimum absolute atomic E-state index is 0.0862. The van der Waals surface area contributed by atoms with E-state index in [-0.39, 0.29) is 24.0 Å². The molecule has 5 nitrogen and oxygen atoms in total. The van der Waals surface area contributed by atoms with Gasteiger partial charge in [-0.1, -0.05) is 38.3 Å². The van der Waals surface area contributed by atoms with Gasteiger partial charge < -0.3 is 15.4 Å². The second kappa shape index (κ2) is 10.1. The third kappa shape index (κ3) is 6.08. The van der Waals surface area contributed by atoms with E-state index >= 15 is 0 Å². The van der Waals surface area contributed by atoms with Crippen LogP contribution in [0.25, 0.3) is 0 Å². The molecule has 5 heteroatoms. The van der Waals surface area contributed by atoms with Crippen LogP contribution in [0, 0.1) is 0 Å². The highest BCUT2D eigenvalue weighted by Gasteiger charge is 2.17. The number of carbonyl (C=O) groups excluding carboxylic acids is 2. The molecule has 1 saturated carbocycles. The number of nitrogens with one attached hydrogen (secondary N) is 2. The van der Waals surface area contributed by atoms with Gasteiger partial charge in [0.15, 0.2) is 0 Å². The largest absolute Gasteiger partial charge is 0.491 e. The van der Waals surface area contributed by atoms with E-state index in [1.807, 2.05) is 13.0 Å². The van der Waals surface area contributed by atoms with E-state index in [0.717, 1.165) is 19.3 Å². The first-order chi connectivity index (χ1) is 14.0. The molecule has 2 N–H and O–H groups in total. The average molecular weight is 395 g/mol. The van der Waals surface area contributed by atoms with Crippen molar-refractivity contribution in [3.05, 3.63) is 59.7 Å². The van der Waals surface area contributed by atoms with Crippen LogP contribution in [0.4, 0.5) is 5.69 Å². The summed E-state index contributed by atoms with van der Waals surface area (Å²) in [5.41, 5.74) is 1.67. The quantitative estimate of drug-likeness (QED) is 0.680. The number of hydrogen-bond acceptors (Lipinski definition) is 3. The van der Waals surface area contributed by atoms with Gasteiger partial charge >= 0.3 is 0 Å². The van der Waals surface area contributed by atoms with Gasteiger partial charge in [0.05, 0.1) is 6.10 Å². The fourth-order valence-electron chi connectivity index (χ4n) is 3.48. The van der Waals surface area contributed by atoms with Crippen molar-refractivity contribution >= 4 is 17.5 Å². The predicted molar refractivity (Wildman–Crippen MR) is 116 cm³/mol. The maximum absolute atomic E-state index is 12.7. The highest BCUT2D eigenvalue weighted by Crippen LogP contribution is 2.20. The minimum atomic E-state index is -0.232. The standard InChI is InChI=1S/C24H30N2O3/c1-3-17(2)29-22-14-8-10-19(16-22)24(28)26-21-13-7-9-18(15-21)23(27)25-20-11-5-4-6-12-20/h7-10,13-17,20H,3-6,11-12H2,1-2H3,(H,25,27)(H,26,28). The van der Waals surface area contributed by atoms with Gasteiger partial charge in [0, 0.05) is 22.9 Å². The van der Waals surface area contributed by atoms with Gasteiger partial charge in [-0.05, 0) is 62.6 Å². The van der Waals surface area contributed by atoms with Crippen LogP contribution in [0.3, 0.4) is 0 Å². The van der Waals surface area contributed by atoms with Crippen LogP contribution in [0.5, 0.6) is 5.75 Å². The summed E-state index contributed by atoms with van der Waals surface area (Å²) in [6.45, 7) is 4.05. The summed E-state index contributed by atoms with van der Waals surface area (Å²) in [7, 11) is 0. The van der Waals surface area contributed by atoms with E-state index in [1.54, 1.807) is 42.5 Å².